The molecule has 0 radical (unpaired) electrons. The zero-order valence-electron chi connectivity index (χ0n) is 15.3. The molecule has 1 N–H and O–H groups in total. The van der Waals surface area contributed by atoms with Gasteiger partial charge in [0.1, 0.15) is 12.1 Å². The van der Waals surface area contributed by atoms with Crippen molar-refractivity contribution in [3.63, 3.8) is 0 Å². The van der Waals surface area contributed by atoms with Crippen molar-refractivity contribution in [3.05, 3.63) is 0 Å². The lowest BCUT2D eigenvalue weighted by Gasteiger charge is -2.32. The molecule has 1 unspecified atom stereocenters. The van der Waals surface area contributed by atoms with E-state index in [-0.39, 0.29) is 24.9 Å². The van der Waals surface area contributed by atoms with Crippen LogP contribution < -0.4 is 5.32 Å². The van der Waals surface area contributed by atoms with E-state index in [1.807, 2.05) is 0 Å². The second kappa shape index (κ2) is 8.06. The van der Waals surface area contributed by atoms with Crippen LogP contribution in [0, 0.1) is 0 Å². The van der Waals surface area contributed by atoms with Gasteiger partial charge in [-0.05, 0) is 38.5 Å². The summed E-state index contributed by atoms with van der Waals surface area (Å²) in [5, 5.41) is 3.00. The summed E-state index contributed by atoms with van der Waals surface area (Å²) in [4.78, 5) is 39.2. The van der Waals surface area contributed by atoms with Crippen LogP contribution in [-0.4, -0.2) is 64.9 Å². The van der Waals surface area contributed by atoms with E-state index in [1.165, 1.54) is 4.90 Å². The first-order chi connectivity index (χ1) is 12.8. The molecule has 0 aromatic carbocycles. The van der Waals surface area contributed by atoms with Crippen LogP contribution in [0.3, 0.4) is 0 Å². The van der Waals surface area contributed by atoms with Gasteiger partial charge in [0.05, 0.1) is 0 Å². The number of hydrogen-bond acceptors (Lipinski definition) is 3. The standard InChI is InChI=1S/C18H26F3N3O3/c19-18(20,21)17(27)24-11-5-9-14(24)16(26)23-10-4-8-13(23)15(25)22-12-6-2-1-3-7-12/h12-14H,1-11H2,(H,22,25)/t13-,14?/m1/s1. The molecule has 152 valence electrons. The maximum Gasteiger partial charge on any atom is 0.471 e. The minimum Gasteiger partial charge on any atom is -0.352 e. The number of alkyl halides is 3. The zero-order chi connectivity index (χ0) is 19.6. The number of carbonyl (C=O) groups excluding carboxylic acids is 3. The van der Waals surface area contributed by atoms with Crippen LogP contribution >= 0.6 is 0 Å². The number of nitrogens with zero attached hydrogens (tertiary/aromatic N) is 2. The van der Waals surface area contributed by atoms with Gasteiger partial charge in [0.15, 0.2) is 0 Å². The molecule has 2 atom stereocenters. The molecule has 0 bridgehead atoms. The van der Waals surface area contributed by atoms with Crippen molar-refractivity contribution in [2.75, 3.05) is 13.1 Å². The van der Waals surface area contributed by atoms with Crippen LogP contribution in [0.5, 0.6) is 0 Å². The molecule has 1 saturated carbocycles. The fourth-order valence-corrected chi connectivity index (χ4v) is 4.47. The zero-order valence-corrected chi connectivity index (χ0v) is 15.3. The molecule has 27 heavy (non-hydrogen) atoms. The van der Waals surface area contributed by atoms with Crippen molar-refractivity contribution >= 4 is 17.7 Å². The molecule has 3 fully saturated rings. The molecule has 1 aliphatic carbocycles. The van der Waals surface area contributed by atoms with Crippen LogP contribution in [0.15, 0.2) is 0 Å². The maximum atomic E-state index is 12.9. The van der Waals surface area contributed by atoms with Gasteiger partial charge in [-0.3, -0.25) is 14.4 Å². The van der Waals surface area contributed by atoms with Gasteiger partial charge in [0, 0.05) is 19.1 Å². The Hall–Kier alpha value is -1.80. The first kappa shape index (κ1) is 19.9. The van der Waals surface area contributed by atoms with Gasteiger partial charge in [-0.2, -0.15) is 13.2 Å². The Morgan fingerprint density at radius 1 is 0.778 bits per heavy atom. The summed E-state index contributed by atoms with van der Waals surface area (Å²) in [7, 11) is 0. The molecule has 6 nitrogen and oxygen atoms in total. The monoisotopic (exact) mass is 389 g/mol. The van der Waals surface area contributed by atoms with Crippen LogP contribution in [-0.2, 0) is 14.4 Å². The van der Waals surface area contributed by atoms with Crippen molar-refractivity contribution in [3.8, 4) is 0 Å². The van der Waals surface area contributed by atoms with Crippen molar-refractivity contribution in [2.45, 2.75) is 82.1 Å². The number of nitrogens with one attached hydrogen (secondary N) is 1. The summed E-state index contributed by atoms with van der Waals surface area (Å²) in [5.74, 6) is -2.73. The third kappa shape index (κ3) is 4.38. The molecule has 3 aliphatic rings. The van der Waals surface area contributed by atoms with Crippen molar-refractivity contribution in [2.24, 2.45) is 0 Å². The van der Waals surface area contributed by atoms with Gasteiger partial charge in [-0.1, -0.05) is 19.3 Å². The predicted molar refractivity (Wildman–Crippen MR) is 90.5 cm³/mol. The van der Waals surface area contributed by atoms with Crippen molar-refractivity contribution < 1.29 is 27.6 Å². The van der Waals surface area contributed by atoms with Gasteiger partial charge in [0.25, 0.3) is 0 Å². The van der Waals surface area contributed by atoms with E-state index in [2.05, 4.69) is 5.32 Å². The fourth-order valence-electron chi connectivity index (χ4n) is 4.47. The highest BCUT2D eigenvalue weighted by Crippen LogP contribution is 2.29. The van der Waals surface area contributed by atoms with Gasteiger partial charge in [-0.15, -0.1) is 0 Å². The molecule has 0 aromatic rings. The van der Waals surface area contributed by atoms with E-state index in [1.54, 1.807) is 0 Å². The Bertz CT molecular complexity index is 590. The predicted octanol–water partition coefficient (Wildman–Crippen LogP) is 1.98. The maximum absolute atomic E-state index is 12.9. The fraction of sp³-hybridized carbons (Fsp3) is 0.833. The summed E-state index contributed by atoms with van der Waals surface area (Å²) in [5.41, 5.74) is 0. The molecule has 3 amide bonds. The number of hydrogen-bond donors (Lipinski definition) is 1. The minimum absolute atomic E-state index is 0.0818. The Balaban J connectivity index is 1.65. The quantitative estimate of drug-likeness (QED) is 0.803. The highest BCUT2D eigenvalue weighted by molar-refractivity contribution is 5.94. The molecule has 2 saturated heterocycles. The average Bonchev–Trinajstić information content (AvgIpc) is 3.30. The first-order valence-electron chi connectivity index (χ1n) is 9.77. The number of rotatable bonds is 3. The van der Waals surface area contributed by atoms with Crippen LogP contribution in [0.1, 0.15) is 57.8 Å². The van der Waals surface area contributed by atoms with E-state index in [9.17, 15) is 27.6 Å². The highest BCUT2D eigenvalue weighted by Gasteiger charge is 2.49. The van der Waals surface area contributed by atoms with Crippen molar-refractivity contribution in [1.82, 2.24) is 15.1 Å². The van der Waals surface area contributed by atoms with Gasteiger partial charge < -0.3 is 15.1 Å². The topological polar surface area (TPSA) is 69.7 Å². The molecule has 3 rings (SSSR count). The van der Waals surface area contributed by atoms with E-state index in [4.69, 9.17) is 0 Å². The van der Waals surface area contributed by atoms with Crippen molar-refractivity contribution in [1.29, 1.82) is 0 Å². The third-order valence-corrected chi connectivity index (χ3v) is 5.83. The Morgan fingerprint density at radius 3 is 2.00 bits per heavy atom. The lowest BCUT2D eigenvalue weighted by molar-refractivity contribution is -0.187. The molecular formula is C18H26F3N3O3. The summed E-state index contributed by atoms with van der Waals surface area (Å²) < 4.78 is 38.4. The minimum atomic E-state index is -4.99. The molecule has 2 aliphatic heterocycles. The SMILES string of the molecule is O=C(NC1CCCCC1)[C@H]1CCCN1C(=O)C1CCCN1C(=O)C(F)(F)F. The number of carbonyl (C=O) groups is 3. The molecule has 2 heterocycles. The van der Waals surface area contributed by atoms with E-state index in [0.717, 1.165) is 32.1 Å². The Labute approximate surface area is 156 Å². The average molecular weight is 389 g/mol. The highest BCUT2D eigenvalue weighted by atomic mass is 19.4. The van der Waals surface area contributed by atoms with E-state index < -0.39 is 30.1 Å². The molecular weight excluding hydrogens is 363 g/mol. The molecule has 9 heteroatoms. The van der Waals surface area contributed by atoms with Gasteiger partial charge in [0.2, 0.25) is 11.8 Å². The second-order valence-corrected chi connectivity index (χ2v) is 7.69. The second-order valence-electron chi connectivity index (χ2n) is 7.69. The Kier molecular flexibility index (Phi) is 5.95. The summed E-state index contributed by atoms with van der Waals surface area (Å²) in [6.45, 7) is 0.258. The van der Waals surface area contributed by atoms with E-state index >= 15 is 0 Å². The van der Waals surface area contributed by atoms with Crippen LogP contribution in [0.25, 0.3) is 0 Å². The normalized spacial score (nSPS) is 27.1. The number of amides is 3. The van der Waals surface area contributed by atoms with Crippen LogP contribution in [0.2, 0.25) is 0 Å². The summed E-state index contributed by atoms with van der Waals surface area (Å²) in [6.07, 6.45) is 1.82. The molecule has 0 spiro atoms. The number of halogens is 3. The largest absolute Gasteiger partial charge is 0.471 e. The lowest BCUT2D eigenvalue weighted by atomic mass is 9.95. The van der Waals surface area contributed by atoms with Gasteiger partial charge in [-0.25, -0.2) is 0 Å². The van der Waals surface area contributed by atoms with Gasteiger partial charge >= 0.3 is 12.1 Å². The molecule has 0 aromatic heterocycles. The lowest BCUT2D eigenvalue weighted by Crippen LogP contribution is -2.55. The van der Waals surface area contributed by atoms with E-state index in [0.29, 0.717) is 30.7 Å². The van der Waals surface area contributed by atoms with Crippen LogP contribution in [0.4, 0.5) is 13.2 Å². The Morgan fingerprint density at radius 2 is 1.37 bits per heavy atom. The first-order valence-corrected chi connectivity index (χ1v) is 9.77. The smallest absolute Gasteiger partial charge is 0.352 e. The number of likely N-dealkylation sites (tertiary alicyclic amines) is 2. The summed E-state index contributed by atoms with van der Waals surface area (Å²) in [6, 6.07) is -1.66. The third-order valence-electron chi connectivity index (χ3n) is 5.83. The summed E-state index contributed by atoms with van der Waals surface area (Å²) >= 11 is 0.